The van der Waals surface area contributed by atoms with Crippen LogP contribution in [0.1, 0.15) is 20.7 Å². The average molecular weight is 454 g/mol. The quantitative estimate of drug-likeness (QED) is 0.499. The third kappa shape index (κ3) is 4.37. The van der Waals surface area contributed by atoms with Gasteiger partial charge in [0.1, 0.15) is 0 Å². The van der Waals surface area contributed by atoms with Crippen molar-refractivity contribution in [1.29, 1.82) is 0 Å². The lowest BCUT2D eigenvalue weighted by atomic mass is 9.88. The number of hydrogen-bond acceptors (Lipinski definition) is 8. The van der Waals surface area contributed by atoms with Crippen LogP contribution in [0.25, 0.3) is 0 Å². The lowest BCUT2D eigenvalue weighted by Gasteiger charge is -2.17. The largest absolute Gasteiger partial charge is 0.493 e. The molecule has 2 aromatic rings. The Morgan fingerprint density at radius 2 is 1.06 bits per heavy atom. The van der Waals surface area contributed by atoms with Crippen molar-refractivity contribution in [3.8, 4) is 34.5 Å². The lowest BCUT2D eigenvalue weighted by Crippen LogP contribution is -2.19. The summed E-state index contributed by atoms with van der Waals surface area (Å²) in [6.45, 7) is 0. The van der Waals surface area contributed by atoms with Crippen molar-refractivity contribution in [2.45, 2.75) is 0 Å². The maximum absolute atomic E-state index is 13.4. The van der Waals surface area contributed by atoms with Crippen LogP contribution in [0, 0.1) is 5.92 Å². The molecule has 1 atom stereocenters. The van der Waals surface area contributed by atoms with E-state index in [1.807, 2.05) is 0 Å². The van der Waals surface area contributed by atoms with Crippen LogP contribution in [0.2, 0.25) is 0 Å². The highest BCUT2D eigenvalue weighted by molar-refractivity contribution is 6.16. The molecule has 0 fully saturated rings. The summed E-state index contributed by atoms with van der Waals surface area (Å²) in [5.41, 5.74) is 0.954. The van der Waals surface area contributed by atoms with Crippen LogP contribution >= 0.6 is 0 Å². The van der Waals surface area contributed by atoms with Crippen LogP contribution in [0.3, 0.4) is 0 Å². The van der Waals surface area contributed by atoms with Gasteiger partial charge in [-0.2, -0.15) is 0 Å². The fraction of sp³-hybridized carbons (Fsp3) is 0.280. The molecule has 1 aliphatic carbocycles. The van der Waals surface area contributed by atoms with E-state index in [4.69, 9.17) is 28.4 Å². The van der Waals surface area contributed by atoms with E-state index in [9.17, 15) is 9.59 Å². The van der Waals surface area contributed by atoms with Gasteiger partial charge >= 0.3 is 0 Å². The molecule has 1 aliphatic rings. The van der Waals surface area contributed by atoms with Gasteiger partial charge in [-0.25, -0.2) is 0 Å². The minimum atomic E-state index is -0.778. The first-order valence-electron chi connectivity index (χ1n) is 10.0. The maximum Gasteiger partial charge on any atom is 0.203 e. The molecular formula is C25H26O8. The molecule has 0 aliphatic heterocycles. The van der Waals surface area contributed by atoms with E-state index in [2.05, 4.69) is 0 Å². The first kappa shape index (κ1) is 23.7. The molecule has 0 spiro atoms. The van der Waals surface area contributed by atoms with Crippen LogP contribution in [0.4, 0.5) is 0 Å². The summed E-state index contributed by atoms with van der Waals surface area (Å²) < 4.78 is 32.0. The molecule has 2 aromatic carbocycles. The van der Waals surface area contributed by atoms with Crippen LogP contribution in [-0.4, -0.2) is 54.2 Å². The highest BCUT2D eigenvalue weighted by atomic mass is 16.5. The van der Waals surface area contributed by atoms with E-state index in [1.165, 1.54) is 42.7 Å². The monoisotopic (exact) mass is 454 g/mol. The summed E-state index contributed by atoms with van der Waals surface area (Å²) in [4.78, 5) is 26.8. The van der Waals surface area contributed by atoms with Crippen LogP contribution in [0.15, 0.2) is 48.1 Å². The summed E-state index contributed by atoms with van der Waals surface area (Å²) in [6.07, 6.45) is 4.99. The summed E-state index contributed by atoms with van der Waals surface area (Å²) >= 11 is 0. The van der Waals surface area contributed by atoms with Crippen molar-refractivity contribution in [2.24, 2.45) is 5.92 Å². The Morgan fingerprint density at radius 1 is 0.636 bits per heavy atom. The second-order valence-electron chi connectivity index (χ2n) is 7.01. The number of benzene rings is 2. The number of rotatable bonds is 10. The number of ether oxygens (including phenoxy) is 6. The topological polar surface area (TPSA) is 89.5 Å². The summed E-state index contributed by atoms with van der Waals surface area (Å²) in [7, 11) is 8.86. The molecule has 8 heteroatoms. The van der Waals surface area contributed by atoms with Gasteiger partial charge in [-0.15, -0.1) is 0 Å². The summed E-state index contributed by atoms with van der Waals surface area (Å²) in [6, 6.07) is 6.25. The molecule has 33 heavy (non-hydrogen) atoms. The Morgan fingerprint density at radius 3 is 1.45 bits per heavy atom. The molecule has 0 bridgehead atoms. The number of allylic oxidation sites excluding steroid dienone is 4. The normalized spacial score (nSPS) is 14.4. The third-order valence-electron chi connectivity index (χ3n) is 5.34. The number of methoxy groups -OCH3 is 6. The highest BCUT2D eigenvalue weighted by Gasteiger charge is 2.31. The molecular weight excluding hydrogens is 428 g/mol. The van der Waals surface area contributed by atoms with E-state index >= 15 is 0 Å². The van der Waals surface area contributed by atoms with Crippen molar-refractivity contribution < 1.29 is 38.0 Å². The minimum Gasteiger partial charge on any atom is -0.493 e. The number of carbonyl (C=O) groups is 2. The van der Waals surface area contributed by atoms with Crippen molar-refractivity contribution in [1.82, 2.24) is 0 Å². The molecule has 0 saturated heterocycles. The smallest absolute Gasteiger partial charge is 0.203 e. The fourth-order valence-electron chi connectivity index (χ4n) is 3.70. The summed E-state index contributed by atoms with van der Waals surface area (Å²) in [5, 5.41) is 0. The Labute approximate surface area is 192 Å². The van der Waals surface area contributed by atoms with Gasteiger partial charge in [-0.05, 0) is 24.3 Å². The fourth-order valence-corrected chi connectivity index (χ4v) is 3.70. The predicted molar refractivity (Wildman–Crippen MR) is 122 cm³/mol. The molecule has 0 heterocycles. The Balaban J connectivity index is 1.98. The van der Waals surface area contributed by atoms with Gasteiger partial charge < -0.3 is 28.4 Å². The van der Waals surface area contributed by atoms with Crippen LogP contribution in [-0.2, 0) is 0 Å². The first-order valence-corrected chi connectivity index (χ1v) is 10.0. The van der Waals surface area contributed by atoms with Gasteiger partial charge in [0, 0.05) is 16.7 Å². The Kier molecular flexibility index (Phi) is 7.27. The second kappa shape index (κ2) is 10.1. The molecule has 174 valence electrons. The second-order valence-corrected chi connectivity index (χ2v) is 7.01. The molecule has 1 unspecified atom stereocenters. The van der Waals surface area contributed by atoms with Gasteiger partial charge in [0.15, 0.2) is 34.6 Å². The highest BCUT2D eigenvalue weighted by Crippen LogP contribution is 2.41. The van der Waals surface area contributed by atoms with Gasteiger partial charge in [0.05, 0.1) is 48.6 Å². The molecule has 3 rings (SSSR count). The molecule has 0 saturated carbocycles. The van der Waals surface area contributed by atoms with Crippen molar-refractivity contribution in [3.63, 3.8) is 0 Å². The number of Topliss-reactive ketones (excluding diaryl/α,β-unsaturated/α-hetero) is 2. The van der Waals surface area contributed by atoms with E-state index in [1.54, 1.807) is 42.5 Å². The Hall–Kier alpha value is -3.94. The van der Waals surface area contributed by atoms with Crippen molar-refractivity contribution >= 4 is 11.6 Å². The van der Waals surface area contributed by atoms with Crippen LogP contribution in [0.5, 0.6) is 34.5 Å². The average Bonchev–Trinajstić information content (AvgIpc) is 3.35. The number of hydrogen-bond donors (Lipinski definition) is 0. The molecule has 8 nitrogen and oxygen atoms in total. The van der Waals surface area contributed by atoms with E-state index in [0.29, 0.717) is 51.2 Å². The molecule has 0 amide bonds. The SMILES string of the molecule is COc1cc(C(=O)C2=CC=CC2C(=O)c2cc(OC)c(OC)c(OC)c2)cc(OC)c1OC. The standard InChI is InChI=1S/C25H26O8/c1-28-18-10-14(11-19(29-2)24(18)32-5)22(26)16-8-7-9-17(16)23(27)15-12-20(30-3)25(33-6)21(13-15)31-4/h7-13,16H,1-6H3. The Bertz CT molecular complexity index is 1080. The first-order chi connectivity index (χ1) is 15.9. The number of ketones is 2. The molecule has 0 radical (unpaired) electrons. The third-order valence-corrected chi connectivity index (χ3v) is 5.34. The summed E-state index contributed by atoms with van der Waals surface area (Å²) in [5.74, 6) is 0.758. The van der Waals surface area contributed by atoms with E-state index in [-0.39, 0.29) is 11.6 Å². The zero-order valence-corrected chi connectivity index (χ0v) is 19.4. The zero-order valence-electron chi connectivity index (χ0n) is 19.4. The lowest BCUT2D eigenvalue weighted by molar-refractivity contribution is 0.0929. The van der Waals surface area contributed by atoms with E-state index < -0.39 is 5.92 Å². The van der Waals surface area contributed by atoms with Gasteiger partial charge in [-0.3, -0.25) is 9.59 Å². The van der Waals surface area contributed by atoms with Gasteiger partial charge in [0.25, 0.3) is 0 Å². The van der Waals surface area contributed by atoms with E-state index in [0.717, 1.165) is 0 Å². The minimum absolute atomic E-state index is 0.282. The van der Waals surface area contributed by atoms with Crippen LogP contribution < -0.4 is 28.4 Å². The van der Waals surface area contributed by atoms with Crippen molar-refractivity contribution in [3.05, 3.63) is 59.2 Å². The maximum atomic E-state index is 13.4. The molecule has 0 aromatic heterocycles. The van der Waals surface area contributed by atoms with Gasteiger partial charge in [-0.1, -0.05) is 18.2 Å². The zero-order chi connectivity index (χ0) is 24.1. The van der Waals surface area contributed by atoms with Crippen molar-refractivity contribution in [2.75, 3.05) is 42.7 Å². The number of carbonyl (C=O) groups excluding carboxylic acids is 2. The predicted octanol–water partition coefficient (Wildman–Crippen LogP) is 3.92. The molecule has 0 N–H and O–H groups in total. The van der Waals surface area contributed by atoms with Gasteiger partial charge in [0.2, 0.25) is 11.5 Å².